The highest BCUT2D eigenvalue weighted by molar-refractivity contribution is 7.18. The molecule has 1 aliphatic rings. The molecule has 0 saturated carbocycles. The van der Waals surface area contributed by atoms with Gasteiger partial charge in [-0.1, -0.05) is 65.9 Å². The first-order valence-corrected chi connectivity index (χ1v) is 19.5. The third-order valence-electron chi connectivity index (χ3n) is 8.98. The molecule has 0 bridgehead atoms. The molecule has 0 spiro atoms. The number of aliphatic carboxylic acids is 1. The van der Waals surface area contributed by atoms with Gasteiger partial charge in [-0.05, 0) is 86.2 Å². The summed E-state index contributed by atoms with van der Waals surface area (Å²) in [7, 11) is 0. The van der Waals surface area contributed by atoms with Crippen molar-refractivity contribution in [3.63, 3.8) is 0 Å². The molecule has 7 rings (SSSR count). The number of nitrogens with zero attached hydrogens (tertiary/aromatic N) is 5. The Bertz CT molecular complexity index is 2250. The molecular weight excluding hydrogens is 772 g/mol. The van der Waals surface area contributed by atoms with E-state index in [2.05, 4.69) is 52.0 Å². The van der Waals surface area contributed by atoms with Gasteiger partial charge in [-0.3, -0.25) is 0 Å². The smallest absolute Gasteiger partial charge is 0.490 e. The van der Waals surface area contributed by atoms with Crippen LogP contribution in [0.2, 0.25) is 0 Å². The van der Waals surface area contributed by atoms with Crippen LogP contribution in [0.15, 0.2) is 109 Å². The Morgan fingerprint density at radius 2 is 1.62 bits per heavy atom. The normalized spacial score (nSPS) is 12.5. The van der Waals surface area contributed by atoms with Gasteiger partial charge in [0.15, 0.2) is 0 Å². The molecule has 58 heavy (non-hydrogen) atoms. The molecule has 6 aromatic rings. The van der Waals surface area contributed by atoms with Crippen molar-refractivity contribution in [2.24, 2.45) is 5.73 Å². The van der Waals surface area contributed by atoms with Crippen LogP contribution in [0.3, 0.4) is 0 Å². The maximum absolute atomic E-state index is 12.2. The molecule has 2 aromatic heterocycles. The molecule has 4 N–H and O–H groups in total. The molecule has 4 aromatic carbocycles. The predicted octanol–water partition coefficient (Wildman–Crippen LogP) is 7.95. The lowest BCUT2D eigenvalue weighted by Gasteiger charge is -2.16. The molecule has 1 aliphatic heterocycles. The summed E-state index contributed by atoms with van der Waals surface area (Å²) in [6.07, 6.45) is 1.21. The number of amides is 2. The van der Waals surface area contributed by atoms with Crippen LogP contribution < -0.4 is 20.5 Å². The van der Waals surface area contributed by atoms with E-state index in [9.17, 15) is 18.0 Å². The predicted molar refractivity (Wildman–Crippen MR) is 214 cm³/mol. The van der Waals surface area contributed by atoms with Gasteiger partial charge in [0.2, 0.25) is 0 Å². The molecule has 1 fully saturated rings. The van der Waals surface area contributed by atoms with Gasteiger partial charge in [0, 0.05) is 19.2 Å². The first-order valence-electron chi connectivity index (χ1n) is 18.7. The number of carbonyl (C=O) groups excluding carboxylic acids is 1. The zero-order valence-electron chi connectivity index (χ0n) is 31.4. The summed E-state index contributed by atoms with van der Waals surface area (Å²) >= 11 is 1.66. The second kappa shape index (κ2) is 19.7. The number of urea groups is 1. The van der Waals surface area contributed by atoms with Crippen LogP contribution in [0, 0.1) is 0 Å². The number of hydrogen-bond donors (Lipinski definition) is 3. The topological polar surface area (TPSA) is 158 Å². The Balaban J connectivity index is 0.000000743. The van der Waals surface area contributed by atoms with Crippen molar-refractivity contribution in [1.29, 1.82) is 0 Å². The van der Waals surface area contributed by atoms with E-state index in [1.807, 2.05) is 72.9 Å². The summed E-state index contributed by atoms with van der Waals surface area (Å²) in [6.45, 7) is 2.81. The highest BCUT2D eigenvalue weighted by Crippen LogP contribution is 2.40. The van der Waals surface area contributed by atoms with Gasteiger partial charge in [0.25, 0.3) is 0 Å². The molecule has 0 radical (unpaired) electrons. The number of aromatic nitrogens is 4. The standard InChI is InChI=1S/C40H41N7O3S.C2HF3O2/c41-22-8-7-11-31-28-47(45-44-31)32-17-20-35(37(27-32)49-26-25-46-24-23-42-40(46)48)39-43-36(38(51-39)30-9-3-1-4-10-30)21-16-29-14-18-34(19-15-29)50-33-12-5-2-6-13-33;3-2(4,5)1(6)7/h1-6,9-10,12-15,17-20,27-28H,7-8,11,16,21-26,41H2,(H,42,48);(H,6,7). The lowest BCUT2D eigenvalue weighted by atomic mass is 10.1. The number of unbranched alkanes of at least 4 members (excludes halogenated alkanes) is 1. The van der Waals surface area contributed by atoms with Crippen molar-refractivity contribution in [2.75, 3.05) is 32.8 Å². The van der Waals surface area contributed by atoms with Crippen molar-refractivity contribution in [3.05, 3.63) is 126 Å². The highest BCUT2D eigenvalue weighted by Gasteiger charge is 2.38. The van der Waals surface area contributed by atoms with E-state index in [1.54, 1.807) is 20.9 Å². The number of halogens is 3. The first-order chi connectivity index (χ1) is 28.1. The summed E-state index contributed by atoms with van der Waals surface area (Å²) in [5.41, 5.74) is 11.7. The Labute approximate surface area is 337 Å². The van der Waals surface area contributed by atoms with Gasteiger partial charge in [-0.15, -0.1) is 16.4 Å². The number of nitrogens with two attached hydrogens (primary N) is 1. The molecule has 0 unspecified atom stereocenters. The van der Waals surface area contributed by atoms with Crippen LogP contribution in [0.1, 0.15) is 29.8 Å². The van der Waals surface area contributed by atoms with Crippen molar-refractivity contribution in [3.8, 4) is 43.9 Å². The van der Waals surface area contributed by atoms with Crippen LogP contribution in [0.5, 0.6) is 17.2 Å². The van der Waals surface area contributed by atoms with E-state index in [1.165, 1.54) is 5.56 Å². The third-order valence-corrected chi connectivity index (χ3v) is 10.2. The first kappa shape index (κ1) is 41.4. The number of hydrogen-bond acceptors (Lipinski definition) is 9. The number of nitrogens with one attached hydrogen (secondary N) is 1. The number of carbonyl (C=O) groups is 2. The van der Waals surface area contributed by atoms with Crippen LogP contribution >= 0.6 is 11.3 Å². The lowest BCUT2D eigenvalue weighted by molar-refractivity contribution is -0.192. The van der Waals surface area contributed by atoms with Crippen molar-refractivity contribution < 1.29 is 37.3 Å². The Morgan fingerprint density at radius 1 is 0.914 bits per heavy atom. The van der Waals surface area contributed by atoms with Crippen molar-refractivity contribution in [1.82, 2.24) is 30.2 Å². The molecule has 2 amide bonds. The number of alkyl halides is 3. The van der Waals surface area contributed by atoms with Crippen LogP contribution in [-0.4, -0.2) is 80.9 Å². The molecule has 12 nitrogen and oxygen atoms in total. The minimum atomic E-state index is -5.08. The SMILES string of the molecule is NCCCCc1cn(-c2ccc(-c3nc(CCc4ccc(Oc5ccccc5)cc4)c(-c4ccccc4)s3)c(OCCN3CCNC3=O)c2)nn1.O=C(O)C(F)(F)F. The molecule has 3 heterocycles. The van der Waals surface area contributed by atoms with Crippen molar-refractivity contribution >= 4 is 23.3 Å². The quantitative estimate of drug-likeness (QED) is 0.0825. The van der Waals surface area contributed by atoms with Crippen LogP contribution in [-0.2, 0) is 24.1 Å². The molecule has 1 saturated heterocycles. The average Bonchev–Trinajstić information content (AvgIpc) is 3.99. The fourth-order valence-electron chi connectivity index (χ4n) is 5.99. The number of rotatable bonds is 16. The minimum absolute atomic E-state index is 0.0622. The average molecular weight is 814 g/mol. The van der Waals surface area contributed by atoms with E-state index < -0.39 is 12.1 Å². The van der Waals surface area contributed by atoms with Gasteiger partial charge < -0.3 is 30.5 Å². The van der Waals surface area contributed by atoms with Gasteiger partial charge in [0.1, 0.15) is 28.9 Å². The van der Waals surface area contributed by atoms with E-state index in [0.717, 1.165) is 81.7 Å². The summed E-state index contributed by atoms with van der Waals surface area (Å²) in [6, 6.07) is 34.5. The molecular formula is C42H42F3N7O5S. The van der Waals surface area contributed by atoms with Gasteiger partial charge >= 0.3 is 18.2 Å². The number of ether oxygens (including phenoxy) is 2. The monoisotopic (exact) mass is 813 g/mol. The van der Waals surface area contributed by atoms with Crippen LogP contribution in [0.4, 0.5) is 18.0 Å². The Morgan fingerprint density at radius 3 is 2.29 bits per heavy atom. The van der Waals surface area contributed by atoms with E-state index in [4.69, 9.17) is 30.1 Å². The van der Waals surface area contributed by atoms with Crippen LogP contribution in [0.25, 0.3) is 26.7 Å². The summed E-state index contributed by atoms with van der Waals surface area (Å²) in [4.78, 5) is 29.2. The maximum atomic E-state index is 12.2. The second-order valence-electron chi connectivity index (χ2n) is 13.2. The summed E-state index contributed by atoms with van der Waals surface area (Å²) < 4.78 is 46.0. The van der Waals surface area contributed by atoms with E-state index in [0.29, 0.717) is 38.5 Å². The second-order valence-corrected chi connectivity index (χ2v) is 14.2. The minimum Gasteiger partial charge on any atom is -0.491 e. The number of carboxylic acids is 1. The number of para-hydroxylation sites is 1. The molecule has 16 heteroatoms. The van der Waals surface area contributed by atoms with E-state index in [-0.39, 0.29) is 6.03 Å². The van der Waals surface area contributed by atoms with Crippen molar-refractivity contribution in [2.45, 2.75) is 38.3 Å². The number of carboxylic acid groups (broad SMARTS) is 1. The zero-order chi connectivity index (χ0) is 40.9. The number of benzene rings is 4. The number of aryl methyl sites for hydroxylation is 3. The Kier molecular flexibility index (Phi) is 14.1. The zero-order valence-corrected chi connectivity index (χ0v) is 32.2. The maximum Gasteiger partial charge on any atom is 0.490 e. The lowest BCUT2D eigenvalue weighted by Crippen LogP contribution is -2.31. The fourth-order valence-corrected chi connectivity index (χ4v) is 7.14. The number of thiazole rings is 1. The summed E-state index contributed by atoms with van der Waals surface area (Å²) in [5.74, 6) is -0.454. The molecule has 302 valence electrons. The summed E-state index contributed by atoms with van der Waals surface area (Å²) in [5, 5.41) is 19.6. The molecule has 0 aliphatic carbocycles. The van der Waals surface area contributed by atoms with Gasteiger partial charge in [-0.25, -0.2) is 19.3 Å². The van der Waals surface area contributed by atoms with E-state index >= 15 is 0 Å². The largest absolute Gasteiger partial charge is 0.491 e. The Hall–Kier alpha value is -6.26. The fraction of sp³-hybridized carbons (Fsp3) is 0.262. The highest BCUT2D eigenvalue weighted by atomic mass is 32.1. The van der Waals surface area contributed by atoms with Gasteiger partial charge in [0.05, 0.1) is 40.3 Å². The van der Waals surface area contributed by atoms with Gasteiger partial charge in [-0.2, -0.15) is 13.2 Å². The third kappa shape index (κ3) is 11.4. The molecule has 0 atom stereocenters.